The van der Waals surface area contributed by atoms with Crippen LogP contribution >= 0.6 is 0 Å². The van der Waals surface area contributed by atoms with Gasteiger partial charge in [-0.15, -0.1) is 0 Å². The number of carbonyl (C=O) groups is 1. The largest absolute Gasteiger partial charge is 0.484 e. The molecule has 1 unspecified atom stereocenters. The molecule has 1 amide bonds. The molecule has 0 aromatic heterocycles. The minimum Gasteiger partial charge on any atom is -0.484 e. The minimum atomic E-state index is -0.327. The van der Waals surface area contributed by atoms with E-state index in [1.807, 2.05) is 6.92 Å². The van der Waals surface area contributed by atoms with Gasteiger partial charge < -0.3 is 15.0 Å². The molecule has 1 aliphatic carbocycles. The number of ether oxygens (including phenoxy) is 1. The third kappa shape index (κ3) is 3.48. The van der Waals surface area contributed by atoms with Crippen molar-refractivity contribution in [3.8, 4) is 5.75 Å². The molecule has 110 valence electrons. The summed E-state index contributed by atoms with van der Waals surface area (Å²) < 4.78 is 19.3. The van der Waals surface area contributed by atoms with E-state index in [1.54, 1.807) is 31.1 Å². The van der Waals surface area contributed by atoms with Gasteiger partial charge in [-0.3, -0.25) is 4.79 Å². The zero-order valence-electron chi connectivity index (χ0n) is 12.1. The maximum absolute atomic E-state index is 13.9. The maximum Gasteiger partial charge on any atom is 0.260 e. The minimum absolute atomic E-state index is 0.0482. The van der Waals surface area contributed by atoms with Crippen LogP contribution in [-0.4, -0.2) is 37.6 Å². The van der Waals surface area contributed by atoms with E-state index >= 15 is 0 Å². The lowest BCUT2D eigenvalue weighted by Gasteiger charge is -2.17. The van der Waals surface area contributed by atoms with Gasteiger partial charge in [0.1, 0.15) is 11.6 Å². The molecule has 0 radical (unpaired) electrons. The molecule has 1 atom stereocenters. The molecule has 1 saturated carbocycles. The van der Waals surface area contributed by atoms with E-state index in [1.165, 1.54) is 6.07 Å². The van der Waals surface area contributed by atoms with Crippen LogP contribution in [0.4, 0.5) is 4.39 Å². The van der Waals surface area contributed by atoms with Gasteiger partial charge in [-0.05, 0) is 32.9 Å². The molecular weight excluding hydrogens is 259 g/mol. The molecule has 0 saturated heterocycles. The first kappa shape index (κ1) is 14.8. The number of benzene rings is 1. The average molecular weight is 280 g/mol. The predicted octanol–water partition coefficient (Wildman–Crippen LogP) is 2.11. The Morgan fingerprint density at radius 1 is 1.55 bits per heavy atom. The average Bonchev–Trinajstić information content (AvgIpc) is 3.27. The zero-order valence-corrected chi connectivity index (χ0v) is 12.1. The van der Waals surface area contributed by atoms with Gasteiger partial charge >= 0.3 is 0 Å². The molecule has 1 aromatic carbocycles. The van der Waals surface area contributed by atoms with Crippen LogP contribution in [0, 0.1) is 5.82 Å². The Morgan fingerprint density at radius 2 is 2.25 bits per heavy atom. The SMILES string of the molecule is CNC(C)c1ccc(OCC(=O)N(C)C2CC2)cc1F. The van der Waals surface area contributed by atoms with Crippen molar-refractivity contribution in [2.45, 2.75) is 31.8 Å². The molecule has 20 heavy (non-hydrogen) atoms. The van der Waals surface area contributed by atoms with Crippen molar-refractivity contribution >= 4 is 5.91 Å². The van der Waals surface area contributed by atoms with E-state index in [0.717, 1.165) is 12.8 Å². The summed E-state index contributed by atoms with van der Waals surface area (Å²) >= 11 is 0. The molecule has 0 heterocycles. The number of hydrogen-bond acceptors (Lipinski definition) is 3. The second-order valence-electron chi connectivity index (χ2n) is 5.22. The summed E-state index contributed by atoms with van der Waals surface area (Å²) in [5, 5.41) is 2.98. The quantitative estimate of drug-likeness (QED) is 0.867. The summed E-state index contributed by atoms with van der Waals surface area (Å²) in [5.74, 6) is -0.0139. The van der Waals surface area contributed by atoms with Gasteiger partial charge in [0.2, 0.25) is 0 Å². The van der Waals surface area contributed by atoms with Crippen LogP contribution in [0.3, 0.4) is 0 Å². The first-order valence-corrected chi connectivity index (χ1v) is 6.88. The summed E-state index contributed by atoms with van der Waals surface area (Å²) in [7, 11) is 3.56. The van der Waals surface area contributed by atoms with E-state index < -0.39 is 0 Å². The molecule has 1 aliphatic rings. The van der Waals surface area contributed by atoms with Crippen LogP contribution in [0.5, 0.6) is 5.75 Å². The molecule has 1 fully saturated rings. The summed E-state index contributed by atoms with van der Waals surface area (Å²) in [6.45, 7) is 1.83. The van der Waals surface area contributed by atoms with Gasteiger partial charge in [0.15, 0.2) is 6.61 Å². The highest BCUT2D eigenvalue weighted by Crippen LogP contribution is 2.26. The van der Waals surface area contributed by atoms with E-state index in [4.69, 9.17) is 4.74 Å². The highest BCUT2D eigenvalue weighted by Gasteiger charge is 2.29. The van der Waals surface area contributed by atoms with Gasteiger partial charge in [-0.25, -0.2) is 4.39 Å². The third-order valence-corrected chi connectivity index (χ3v) is 3.72. The van der Waals surface area contributed by atoms with Crippen molar-refractivity contribution in [3.05, 3.63) is 29.6 Å². The molecule has 0 aliphatic heterocycles. The van der Waals surface area contributed by atoms with E-state index in [2.05, 4.69) is 5.32 Å². The molecule has 5 heteroatoms. The van der Waals surface area contributed by atoms with Crippen molar-refractivity contribution in [1.29, 1.82) is 0 Å². The number of amides is 1. The number of carbonyl (C=O) groups excluding carboxylic acids is 1. The zero-order chi connectivity index (χ0) is 14.7. The van der Waals surface area contributed by atoms with Gasteiger partial charge in [-0.1, -0.05) is 6.07 Å². The Morgan fingerprint density at radius 3 is 2.80 bits per heavy atom. The molecule has 4 nitrogen and oxygen atoms in total. The predicted molar refractivity (Wildman–Crippen MR) is 75.2 cm³/mol. The fourth-order valence-corrected chi connectivity index (χ4v) is 2.02. The fraction of sp³-hybridized carbons (Fsp3) is 0.533. The Kier molecular flexibility index (Phi) is 4.60. The van der Waals surface area contributed by atoms with E-state index in [0.29, 0.717) is 17.4 Å². The second kappa shape index (κ2) is 6.22. The monoisotopic (exact) mass is 280 g/mol. The Hall–Kier alpha value is -1.62. The normalized spacial score (nSPS) is 15.8. The standard InChI is InChI=1S/C15H21FN2O2/c1-10(17-2)13-7-6-12(8-14(13)16)20-9-15(19)18(3)11-4-5-11/h6-8,10-11,17H,4-5,9H2,1-3H3. The van der Waals surface area contributed by atoms with Gasteiger partial charge in [0.25, 0.3) is 5.91 Å². The second-order valence-corrected chi connectivity index (χ2v) is 5.22. The van der Waals surface area contributed by atoms with Crippen molar-refractivity contribution in [3.63, 3.8) is 0 Å². The third-order valence-electron chi connectivity index (χ3n) is 3.72. The molecule has 0 spiro atoms. The van der Waals surface area contributed by atoms with Crippen LogP contribution in [0.2, 0.25) is 0 Å². The lowest BCUT2D eigenvalue weighted by Crippen LogP contribution is -2.33. The molecule has 1 N–H and O–H groups in total. The van der Waals surface area contributed by atoms with E-state index in [-0.39, 0.29) is 24.4 Å². The van der Waals surface area contributed by atoms with Crippen molar-refractivity contribution in [2.75, 3.05) is 20.7 Å². The van der Waals surface area contributed by atoms with Crippen LogP contribution in [0.25, 0.3) is 0 Å². The topological polar surface area (TPSA) is 41.6 Å². The number of nitrogens with zero attached hydrogens (tertiary/aromatic N) is 1. The van der Waals surface area contributed by atoms with Crippen LogP contribution < -0.4 is 10.1 Å². The number of rotatable bonds is 6. The van der Waals surface area contributed by atoms with Gasteiger partial charge in [0.05, 0.1) is 0 Å². The van der Waals surface area contributed by atoms with Crippen molar-refractivity contribution in [1.82, 2.24) is 10.2 Å². The number of likely N-dealkylation sites (N-methyl/N-ethyl adjacent to an activating group) is 1. The first-order valence-electron chi connectivity index (χ1n) is 6.88. The highest BCUT2D eigenvalue weighted by atomic mass is 19.1. The number of hydrogen-bond donors (Lipinski definition) is 1. The smallest absolute Gasteiger partial charge is 0.260 e. The lowest BCUT2D eigenvalue weighted by atomic mass is 10.1. The molecule has 1 aromatic rings. The summed E-state index contributed by atoms with van der Waals surface area (Å²) in [6.07, 6.45) is 2.13. The van der Waals surface area contributed by atoms with Crippen LogP contribution in [0.1, 0.15) is 31.4 Å². The fourth-order valence-electron chi connectivity index (χ4n) is 2.02. The summed E-state index contributed by atoms with van der Waals surface area (Å²) in [6, 6.07) is 5.00. The Bertz CT molecular complexity index is 489. The summed E-state index contributed by atoms with van der Waals surface area (Å²) in [4.78, 5) is 13.5. The molecule has 2 rings (SSSR count). The highest BCUT2D eigenvalue weighted by molar-refractivity contribution is 5.78. The summed E-state index contributed by atoms with van der Waals surface area (Å²) in [5.41, 5.74) is 0.585. The van der Waals surface area contributed by atoms with Crippen molar-refractivity contribution in [2.24, 2.45) is 0 Å². The number of nitrogens with one attached hydrogen (secondary N) is 1. The van der Waals surface area contributed by atoms with Gasteiger partial charge in [0, 0.05) is 30.8 Å². The molecule has 0 bridgehead atoms. The molecular formula is C15H21FN2O2. The maximum atomic E-state index is 13.9. The lowest BCUT2D eigenvalue weighted by molar-refractivity contribution is -0.132. The van der Waals surface area contributed by atoms with Crippen LogP contribution in [-0.2, 0) is 4.79 Å². The Labute approximate surface area is 118 Å². The Balaban J connectivity index is 1.93. The van der Waals surface area contributed by atoms with Crippen molar-refractivity contribution < 1.29 is 13.9 Å². The first-order chi connectivity index (χ1) is 9.52. The number of halogens is 1. The van der Waals surface area contributed by atoms with Gasteiger partial charge in [-0.2, -0.15) is 0 Å². The van der Waals surface area contributed by atoms with Crippen LogP contribution in [0.15, 0.2) is 18.2 Å². The van der Waals surface area contributed by atoms with E-state index in [9.17, 15) is 9.18 Å².